The Hall–Kier alpha value is -2.51. The van der Waals surface area contributed by atoms with Gasteiger partial charge in [-0.05, 0) is 6.92 Å². The minimum Gasteiger partial charge on any atom is -0.493 e. The molecule has 1 aromatic rings. The monoisotopic (exact) mass is 268 g/mol. The molecule has 0 saturated heterocycles. The molecule has 8 heteroatoms. The molecule has 0 saturated carbocycles. The number of rotatable bonds is 4. The van der Waals surface area contributed by atoms with Crippen LogP contribution in [0.2, 0.25) is 0 Å². The Kier molecular flexibility index (Phi) is 4.01. The molecule has 2 heterocycles. The maximum absolute atomic E-state index is 11.4. The van der Waals surface area contributed by atoms with Crippen LogP contribution in [0.3, 0.4) is 0 Å². The van der Waals surface area contributed by atoms with Gasteiger partial charge in [0, 0.05) is 6.07 Å². The standard InChI is InChI=1S/C11H12N2O6/c1-7-4-9(13-19-7)12-10(14)6-18-11(15)8-5-16-2-3-17-8/h4-5H,2-3,6H2,1H3,(H,12,13,14). The van der Waals surface area contributed by atoms with Gasteiger partial charge in [-0.3, -0.25) is 4.79 Å². The van der Waals surface area contributed by atoms with Crippen LogP contribution in [0, 0.1) is 6.92 Å². The summed E-state index contributed by atoms with van der Waals surface area (Å²) in [5.74, 6) is -0.526. The quantitative estimate of drug-likeness (QED) is 0.786. The minimum atomic E-state index is -0.758. The van der Waals surface area contributed by atoms with E-state index in [0.29, 0.717) is 12.4 Å². The molecule has 0 radical (unpaired) electrons. The zero-order valence-electron chi connectivity index (χ0n) is 10.2. The molecule has 19 heavy (non-hydrogen) atoms. The van der Waals surface area contributed by atoms with E-state index in [1.165, 1.54) is 0 Å². The Balaban J connectivity index is 1.77. The van der Waals surface area contributed by atoms with Crippen LogP contribution in [0.25, 0.3) is 0 Å². The number of carbonyl (C=O) groups is 2. The van der Waals surface area contributed by atoms with Crippen LogP contribution in [-0.4, -0.2) is 36.9 Å². The average molecular weight is 268 g/mol. The molecule has 1 aliphatic heterocycles. The van der Waals surface area contributed by atoms with Crippen LogP contribution in [0.1, 0.15) is 5.76 Å². The van der Waals surface area contributed by atoms with E-state index in [1.54, 1.807) is 13.0 Å². The van der Waals surface area contributed by atoms with Gasteiger partial charge in [0.15, 0.2) is 12.4 Å². The molecule has 2 rings (SSSR count). The van der Waals surface area contributed by atoms with Crippen molar-refractivity contribution >= 4 is 17.7 Å². The van der Waals surface area contributed by atoms with E-state index in [2.05, 4.69) is 10.5 Å². The van der Waals surface area contributed by atoms with Crippen molar-refractivity contribution in [2.75, 3.05) is 25.1 Å². The number of aromatic nitrogens is 1. The van der Waals surface area contributed by atoms with Gasteiger partial charge >= 0.3 is 5.97 Å². The number of hydrogen-bond donors (Lipinski definition) is 1. The van der Waals surface area contributed by atoms with Gasteiger partial charge in [0.1, 0.15) is 25.2 Å². The number of hydrogen-bond acceptors (Lipinski definition) is 7. The number of nitrogens with one attached hydrogen (secondary N) is 1. The molecular weight excluding hydrogens is 256 g/mol. The van der Waals surface area contributed by atoms with Crippen molar-refractivity contribution in [3.8, 4) is 0 Å². The van der Waals surface area contributed by atoms with E-state index in [-0.39, 0.29) is 18.2 Å². The summed E-state index contributed by atoms with van der Waals surface area (Å²) in [5, 5.41) is 5.98. The van der Waals surface area contributed by atoms with Gasteiger partial charge in [-0.1, -0.05) is 5.16 Å². The molecule has 102 valence electrons. The molecule has 8 nitrogen and oxygen atoms in total. The molecule has 1 amide bonds. The van der Waals surface area contributed by atoms with E-state index in [1.807, 2.05) is 0 Å². The van der Waals surface area contributed by atoms with Crippen LogP contribution in [0.15, 0.2) is 22.6 Å². The summed E-state index contributed by atoms with van der Waals surface area (Å²) in [7, 11) is 0. The molecule has 1 aliphatic rings. The van der Waals surface area contributed by atoms with Gasteiger partial charge in [0.05, 0.1) is 0 Å². The summed E-state index contributed by atoms with van der Waals surface area (Å²) in [4.78, 5) is 22.9. The molecular formula is C11H12N2O6. The topological polar surface area (TPSA) is 99.9 Å². The van der Waals surface area contributed by atoms with Crippen molar-refractivity contribution in [1.29, 1.82) is 0 Å². The third-order valence-corrected chi connectivity index (χ3v) is 2.08. The summed E-state index contributed by atoms with van der Waals surface area (Å²) in [6, 6.07) is 1.54. The summed E-state index contributed by atoms with van der Waals surface area (Å²) in [6.45, 7) is 1.88. The van der Waals surface area contributed by atoms with Crippen molar-refractivity contribution in [1.82, 2.24) is 5.16 Å². The van der Waals surface area contributed by atoms with Gasteiger partial charge in [0.25, 0.3) is 5.91 Å². The predicted octanol–water partition coefficient (Wildman–Crippen LogP) is 0.353. The fourth-order valence-electron chi connectivity index (χ4n) is 1.28. The van der Waals surface area contributed by atoms with E-state index >= 15 is 0 Å². The second-order valence-corrected chi connectivity index (χ2v) is 3.65. The second-order valence-electron chi connectivity index (χ2n) is 3.65. The smallest absolute Gasteiger partial charge is 0.377 e. The Labute approximate surface area is 108 Å². The Morgan fingerprint density at radius 1 is 1.47 bits per heavy atom. The lowest BCUT2D eigenvalue weighted by atomic mass is 10.5. The van der Waals surface area contributed by atoms with E-state index in [0.717, 1.165) is 6.26 Å². The number of esters is 1. The van der Waals surface area contributed by atoms with E-state index in [4.69, 9.17) is 18.7 Å². The number of anilines is 1. The lowest BCUT2D eigenvalue weighted by molar-refractivity contribution is -0.148. The predicted molar refractivity (Wildman–Crippen MR) is 60.8 cm³/mol. The van der Waals surface area contributed by atoms with E-state index < -0.39 is 18.5 Å². The van der Waals surface area contributed by atoms with Gasteiger partial charge in [0.2, 0.25) is 5.76 Å². The number of carbonyl (C=O) groups excluding carboxylic acids is 2. The average Bonchev–Trinajstić information content (AvgIpc) is 2.82. The zero-order valence-corrected chi connectivity index (χ0v) is 10.2. The lowest BCUT2D eigenvalue weighted by Gasteiger charge is -2.14. The molecule has 0 aromatic carbocycles. The molecule has 0 aliphatic carbocycles. The molecule has 1 aromatic heterocycles. The summed E-state index contributed by atoms with van der Waals surface area (Å²) < 4.78 is 19.4. The number of ether oxygens (including phenoxy) is 3. The van der Waals surface area contributed by atoms with Crippen molar-refractivity contribution in [3.63, 3.8) is 0 Å². The number of nitrogens with zero attached hydrogens (tertiary/aromatic N) is 1. The fourth-order valence-corrected chi connectivity index (χ4v) is 1.28. The van der Waals surface area contributed by atoms with Crippen molar-refractivity contribution in [2.24, 2.45) is 0 Å². The largest absolute Gasteiger partial charge is 0.493 e. The second kappa shape index (κ2) is 5.89. The number of aryl methyl sites for hydroxylation is 1. The maximum atomic E-state index is 11.4. The lowest BCUT2D eigenvalue weighted by Crippen LogP contribution is -2.23. The number of amides is 1. The Morgan fingerprint density at radius 2 is 2.32 bits per heavy atom. The maximum Gasteiger partial charge on any atom is 0.377 e. The van der Waals surface area contributed by atoms with Gasteiger partial charge < -0.3 is 24.1 Å². The molecule has 0 atom stereocenters. The van der Waals surface area contributed by atoms with Gasteiger partial charge in [-0.2, -0.15) is 0 Å². The van der Waals surface area contributed by atoms with Crippen LogP contribution >= 0.6 is 0 Å². The highest BCUT2D eigenvalue weighted by atomic mass is 16.6. The van der Waals surface area contributed by atoms with Crippen molar-refractivity contribution in [2.45, 2.75) is 6.92 Å². The van der Waals surface area contributed by atoms with Crippen molar-refractivity contribution in [3.05, 3.63) is 23.8 Å². The first-order valence-electron chi connectivity index (χ1n) is 5.50. The molecule has 0 spiro atoms. The van der Waals surface area contributed by atoms with Gasteiger partial charge in [-0.25, -0.2) is 4.79 Å². The highest BCUT2D eigenvalue weighted by molar-refractivity contribution is 5.93. The van der Waals surface area contributed by atoms with Crippen LogP contribution < -0.4 is 5.32 Å². The first-order valence-corrected chi connectivity index (χ1v) is 5.50. The van der Waals surface area contributed by atoms with Gasteiger partial charge in [-0.15, -0.1) is 0 Å². The highest BCUT2D eigenvalue weighted by Crippen LogP contribution is 2.08. The third-order valence-electron chi connectivity index (χ3n) is 2.08. The Morgan fingerprint density at radius 3 is 2.95 bits per heavy atom. The van der Waals surface area contributed by atoms with Crippen molar-refractivity contribution < 1.29 is 28.3 Å². The Bertz CT molecular complexity index is 507. The highest BCUT2D eigenvalue weighted by Gasteiger charge is 2.18. The fraction of sp³-hybridized carbons (Fsp3) is 0.364. The third kappa shape index (κ3) is 3.73. The first-order chi connectivity index (χ1) is 9.15. The normalized spacial score (nSPS) is 13.8. The minimum absolute atomic E-state index is 0.0590. The molecule has 0 bridgehead atoms. The summed E-state index contributed by atoms with van der Waals surface area (Å²) in [6.07, 6.45) is 1.16. The van der Waals surface area contributed by atoms with Crippen LogP contribution in [0.4, 0.5) is 5.82 Å². The van der Waals surface area contributed by atoms with Crippen LogP contribution in [-0.2, 0) is 23.8 Å². The molecule has 0 unspecified atom stereocenters. The summed E-state index contributed by atoms with van der Waals surface area (Å²) >= 11 is 0. The van der Waals surface area contributed by atoms with Crippen LogP contribution in [0.5, 0.6) is 0 Å². The van der Waals surface area contributed by atoms with E-state index in [9.17, 15) is 9.59 Å². The first kappa shape index (κ1) is 12.9. The SMILES string of the molecule is Cc1cc(NC(=O)COC(=O)C2=COCCO2)no1. The summed E-state index contributed by atoms with van der Waals surface area (Å²) in [5.41, 5.74) is 0. The zero-order chi connectivity index (χ0) is 13.7. The molecule has 0 fully saturated rings. The molecule has 1 N–H and O–H groups in total.